The summed E-state index contributed by atoms with van der Waals surface area (Å²) in [4.78, 5) is 17.2. The Morgan fingerprint density at radius 2 is 1.70 bits per heavy atom. The van der Waals surface area contributed by atoms with Gasteiger partial charge in [-0.3, -0.25) is 9.69 Å². The molecule has 0 atom stereocenters. The topological polar surface area (TPSA) is 49.6 Å². The molecule has 0 spiro atoms. The standard InChI is InChI=1S/C22H28FN3O/c1-17-4-6-18(7-5-17)16-26-13-11-25(12-14-26)10-2-3-22(27)20-9-8-19(23)15-21(20)24/h4-9,15H,2-3,10-14,16,24H2,1H3. The van der Waals surface area contributed by atoms with E-state index in [2.05, 4.69) is 41.0 Å². The van der Waals surface area contributed by atoms with Crippen LogP contribution in [0.5, 0.6) is 0 Å². The third-order valence-electron chi connectivity index (χ3n) is 5.18. The second-order valence-corrected chi connectivity index (χ2v) is 7.36. The van der Waals surface area contributed by atoms with Crippen LogP contribution in [0.2, 0.25) is 0 Å². The first-order chi connectivity index (χ1) is 13.0. The molecule has 144 valence electrons. The first-order valence-corrected chi connectivity index (χ1v) is 9.60. The van der Waals surface area contributed by atoms with E-state index in [-0.39, 0.29) is 11.5 Å². The van der Waals surface area contributed by atoms with E-state index in [0.29, 0.717) is 12.0 Å². The first kappa shape index (κ1) is 19.5. The number of rotatable bonds is 7. The van der Waals surface area contributed by atoms with Crippen LogP contribution in [-0.2, 0) is 6.54 Å². The van der Waals surface area contributed by atoms with Crippen LogP contribution in [0, 0.1) is 12.7 Å². The summed E-state index contributed by atoms with van der Waals surface area (Å²) in [5.74, 6) is -0.418. The Bertz CT molecular complexity index is 768. The summed E-state index contributed by atoms with van der Waals surface area (Å²) in [6, 6.07) is 12.7. The Balaban J connectivity index is 1.38. The van der Waals surface area contributed by atoms with Gasteiger partial charge in [0.2, 0.25) is 0 Å². The average Bonchev–Trinajstić information content (AvgIpc) is 2.65. The van der Waals surface area contributed by atoms with E-state index < -0.39 is 5.82 Å². The number of carbonyl (C=O) groups excluding carboxylic acids is 1. The lowest BCUT2D eigenvalue weighted by Crippen LogP contribution is -2.46. The van der Waals surface area contributed by atoms with Crippen molar-refractivity contribution in [1.29, 1.82) is 0 Å². The van der Waals surface area contributed by atoms with E-state index >= 15 is 0 Å². The number of hydrogen-bond acceptors (Lipinski definition) is 4. The van der Waals surface area contributed by atoms with Crippen LogP contribution >= 0.6 is 0 Å². The lowest BCUT2D eigenvalue weighted by atomic mass is 10.0. The molecular formula is C22H28FN3O. The summed E-state index contributed by atoms with van der Waals surface area (Å²) in [6.45, 7) is 8.16. The van der Waals surface area contributed by atoms with E-state index in [1.807, 2.05) is 0 Å². The van der Waals surface area contributed by atoms with Crippen LogP contribution in [0.3, 0.4) is 0 Å². The molecule has 2 aromatic carbocycles. The maximum Gasteiger partial charge on any atom is 0.164 e. The molecular weight excluding hydrogens is 341 g/mol. The van der Waals surface area contributed by atoms with Crippen molar-refractivity contribution in [3.63, 3.8) is 0 Å². The molecule has 0 aliphatic carbocycles. The van der Waals surface area contributed by atoms with E-state index in [1.165, 1.54) is 29.3 Å². The number of anilines is 1. The molecule has 4 nitrogen and oxygen atoms in total. The molecule has 1 aliphatic rings. The van der Waals surface area contributed by atoms with Gasteiger partial charge in [0.1, 0.15) is 5.82 Å². The van der Waals surface area contributed by atoms with Gasteiger partial charge in [0, 0.05) is 50.4 Å². The normalized spacial score (nSPS) is 15.8. The minimum Gasteiger partial charge on any atom is -0.398 e. The molecule has 0 saturated carbocycles. The van der Waals surface area contributed by atoms with Gasteiger partial charge in [-0.1, -0.05) is 29.8 Å². The molecule has 0 radical (unpaired) electrons. The predicted molar refractivity (Wildman–Crippen MR) is 107 cm³/mol. The summed E-state index contributed by atoms with van der Waals surface area (Å²) in [7, 11) is 0. The lowest BCUT2D eigenvalue weighted by molar-refractivity contribution is 0.0960. The number of nitrogens with two attached hydrogens (primary N) is 1. The number of carbonyl (C=O) groups is 1. The van der Waals surface area contributed by atoms with Crippen molar-refractivity contribution >= 4 is 11.5 Å². The van der Waals surface area contributed by atoms with Crippen LogP contribution < -0.4 is 5.73 Å². The Morgan fingerprint density at radius 3 is 2.37 bits per heavy atom. The maximum atomic E-state index is 13.1. The number of benzene rings is 2. The maximum absolute atomic E-state index is 13.1. The Morgan fingerprint density at radius 1 is 1.04 bits per heavy atom. The highest BCUT2D eigenvalue weighted by Crippen LogP contribution is 2.17. The monoisotopic (exact) mass is 369 g/mol. The van der Waals surface area contributed by atoms with Crippen molar-refractivity contribution in [2.75, 3.05) is 38.5 Å². The fourth-order valence-corrected chi connectivity index (χ4v) is 3.51. The zero-order valence-corrected chi connectivity index (χ0v) is 16.0. The molecule has 0 bridgehead atoms. The van der Waals surface area contributed by atoms with Gasteiger partial charge in [-0.05, 0) is 43.7 Å². The van der Waals surface area contributed by atoms with Gasteiger partial charge in [-0.15, -0.1) is 0 Å². The van der Waals surface area contributed by atoms with Gasteiger partial charge in [-0.2, -0.15) is 0 Å². The summed E-state index contributed by atoms with van der Waals surface area (Å²) in [5.41, 5.74) is 9.05. The lowest BCUT2D eigenvalue weighted by Gasteiger charge is -2.34. The van der Waals surface area contributed by atoms with Crippen molar-refractivity contribution in [1.82, 2.24) is 9.80 Å². The minimum atomic E-state index is -0.410. The Labute approximate surface area is 160 Å². The smallest absolute Gasteiger partial charge is 0.164 e. The number of aryl methyl sites for hydroxylation is 1. The molecule has 0 amide bonds. The van der Waals surface area contributed by atoms with Gasteiger partial charge < -0.3 is 10.6 Å². The molecule has 2 N–H and O–H groups in total. The quantitative estimate of drug-likeness (QED) is 0.599. The van der Waals surface area contributed by atoms with Gasteiger partial charge in [-0.25, -0.2) is 4.39 Å². The molecule has 3 rings (SSSR count). The third-order valence-corrected chi connectivity index (χ3v) is 5.18. The van der Waals surface area contributed by atoms with Gasteiger partial charge in [0.15, 0.2) is 5.78 Å². The second-order valence-electron chi connectivity index (χ2n) is 7.36. The van der Waals surface area contributed by atoms with Crippen molar-refractivity contribution in [2.45, 2.75) is 26.3 Å². The third kappa shape index (κ3) is 5.62. The molecule has 1 aliphatic heterocycles. The number of piperazine rings is 1. The predicted octanol–water partition coefficient (Wildman–Crippen LogP) is 3.50. The van der Waals surface area contributed by atoms with Crippen LogP contribution in [0.15, 0.2) is 42.5 Å². The highest BCUT2D eigenvalue weighted by atomic mass is 19.1. The van der Waals surface area contributed by atoms with Crippen LogP contribution in [0.4, 0.5) is 10.1 Å². The minimum absolute atomic E-state index is 0.00879. The SMILES string of the molecule is Cc1ccc(CN2CCN(CCCC(=O)c3ccc(F)cc3N)CC2)cc1. The summed E-state index contributed by atoms with van der Waals surface area (Å²) < 4.78 is 13.1. The number of Topliss-reactive ketones (excluding diaryl/α,β-unsaturated/α-hetero) is 1. The van der Waals surface area contributed by atoms with E-state index in [1.54, 1.807) is 0 Å². The van der Waals surface area contributed by atoms with Crippen LogP contribution in [-0.4, -0.2) is 48.3 Å². The molecule has 2 aromatic rings. The molecule has 1 heterocycles. The number of ketones is 1. The van der Waals surface area contributed by atoms with E-state index in [4.69, 9.17) is 5.73 Å². The number of nitrogens with zero attached hydrogens (tertiary/aromatic N) is 2. The molecule has 1 saturated heterocycles. The van der Waals surface area contributed by atoms with Crippen LogP contribution in [0.25, 0.3) is 0 Å². The number of halogens is 1. The van der Waals surface area contributed by atoms with Gasteiger partial charge in [0.25, 0.3) is 0 Å². The zero-order valence-electron chi connectivity index (χ0n) is 16.0. The summed E-state index contributed by atoms with van der Waals surface area (Å²) >= 11 is 0. The molecule has 5 heteroatoms. The first-order valence-electron chi connectivity index (χ1n) is 9.60. The average molecular weight is 369 g/mol. The summed E-state index contributed by atoms with van der Waals surface area (Å²) in [5, 5.41) is 0. The van der Waals surface area contributed by atoms with Crippen molar-refractivity contribution in [2.24, 2.45) is 0 Å². The highest BCUT2D eigenvalue weighted by molar-refractivity contribution is 6.00. The Hall–Kier alpha value is -2.24. The van der Waals surface area contributed by atoms with Gasteiger partial charge in [0.05, 0.1) is 0 Å². The molecule has 0 aromatic heterocycles. The molecule has 27 heavy (non-hydrogen) atoms. The van der Waals surface area contributed by atoms with E-state index in [0.717, 1.165) is 45.7 Å². The number of hydrogen-bond donors (Lipinski definition) is 1. The molecule has 0 unspecified atom stereocenters. The summed E-state index contributed by atoms with van der Waals surface area (Å²) in [6.07, 6.45) is 1.24. The van der Waals surface area contributed by atoms with Crippen molar-refractivity contribution in [3.05, 3.63) is 65.0 Å². The fraction of sp³-hybridized carbons (Fsp3) is 0.409. The van der Waals surface area contributed by atoms with E-state index in [9.17, 15) is 9.18 Å². The van der Waals surface area contributed by atoms with Gasteiger partial charge >= 0.3 is 0 Å². The van der Waals surface area contributed by atoms with Crippen molar-refractivity contribution < 1.29 is 9.18 Å². The van der Waals surface area contributed by atoms with Crippen LogP contribution in [0.1, 0.15) is 34.3 Å². The Kier molecular flexibility index (Phi) is 6.58. The largest absolute Gasteiger partial charge is 0.398 e. The highest BCUT2D eigenvalue weighted by Gasteiger charge is 2.17. The fourth-order valence-electron chi connectivity index (χ4n) is 3.51. The van der Waals surface area contributed by atoms with Crippen molar-refractivity contribution in [3.8, 4) is 0 Å². The molecule has 1 fully saturated rings. The zero-order chi connectivity index (χ0) is 19.2. The second kappa shape index (κ2) is 9.11. The number of nitrogen functional groups attached to an aromatic ring is 1.